The Labute approximate surface area is 144 Å². The number of hydrogen-bond donors (Lipinski definition) is 1. The molecule has 1 amide bonds. The third-order valence-corrected chi connectivity index (χ3v) is 3.54. The number of esters is 1. The van der Waals surface area contributed by atoms with E-state index in [0.29, 0.717) is 27.9 Å². The molecular weight excluding hydrogens is 322 g/mol. The second kappa shape index (κ2) is 6.72. The number of benzene rings is 1. The first-order chi connectivity index (χ1) is 11.9. The molecule has 0 bridgehead atoms. The van der Waals surface area contributed by atoms with Crippen molar-refractivity contribution in [1.29, 1.82) is 0 Å². The van der Waals surface area contributed by atoms with Crippen molar-refractivity contribution in [2.24, 2.45) is 0 Å². The van der Waals surface area contributed by atoms with Gasteiger partial charge in [0, 0.05) is 17.1 Å². The molecule has 0 saturated heterocycles. The summed E-state index contributed by atoms with van der Waals surface area (Å²) >= 11 is 0. The zero-order valence-corrected chi connectivity index (χ0v) is 14.1. The van der Waals surface area contributed by atoms with Gasteiger partial charge in [-0.05, 0) is 39.0 Å². The van der Waals surface area contributed by atoms with Gasteiger partial charge < -0.3 is 9.26 Å². The van der Waals surface area contributed by atoms with Gasteiger partial charge in [-0.1, -0.05) is 16.8 Å². The minimum atomic E-state index is -0.579. The van der Waals surface area contributed by atoms with Crippen molar-refractivity contribution in [2.75, 3.05) is 11.9 Å². The van der Waals surface area contributed by atoms with E-state index >= 15 is 0 Å². The lowest BCUT2D eigenvalue weighted by Crippen LogP contribution is -2.21. The number of hydrogen-bond acceptors (Lipinski definition) is 6. The minimum Gasteiger partial charge on any atom is -0.452 e. The van der Waals surface area contributed by atoms with Crippen molar-refractivity contribution >= 4 is 28.7 Å². The Morgan fingerprint density at radius 1 is 1.12 bits per heavy atom. The molecule has 2 aromatic heterocycles. The van der Waals surface area contributed by atoms with Gasteiger partial charge in [0.1, 0.15) is 0 Å². The highest BCUT2D eigenvalue weighted by molar-refractivity contribution is 6.04. The van der Waals surface area contributed by atoms with Crippen LogP contribution in [0.3, 0.4) is 0 Å². The van der Waals surface area contributed by atoms with Crippen LogP contribution < -0.4 is 5.32 Å². The Hall–Kier alpha value is -3.22. The minimum absolute atomic E-state index is 0.208. The van der Waals surface area contributed by atoms with E-state index in [1.54, 1.807) is 26.0 Å². The van der Waals surface area contributed by atoms with Gasteiger partial charge in [0.25, 0.3) is 5.91 Å². The van der Waals surface area contributed by atoms with Gasteiger partial charge in [0.2, 0.25) is 5.88 Å². The average Bonchev–Trinajstić information content (AvgIpc) is 2.97. The zero-order valence-electron chi connectivity index (χ0n) is 14.1. The molecule has 3 rings (SSSR count). The maximum atomic E-state index is 12.4. The van der Waals surface area contributed by atoms with Crippen molar-refractivity contribution in [2.45, 2.75) is 20.8 Å². The maximum Gasteiger partial charge on any atom is 0.339 e. The molecule has 2 heterocycles. The number of nitrogens with one attached hydrogen (secondary N) is 1. The summed E-state index contributed by atoms with van der Waals surface area (Å²) in [5, 5.41) is 6.83. The molecule has 1 aromatic carbocycles. The predicted molar refractivity (Wildman–Crippen MR) is 91.4 cm³/mol. The summed E-state index contributed by atoms with van der Waals surface area (Å²) in [4.78, 5) is 28.7. The Morgan fingerprint density at radius 3 is 2.64 bits per heavy atom. The van der Waals surface area contributed by atoms with Crippen molar-refractivity contribution in [3.05, 3.63) is 52.8 Å². The second-order valence-electron chi connectivity index (χ2n) is 5.79. The Balaban J connectivity index is 1.74. The largest absolute Gasteiger partial charge is 0.452 e. The van der Waals surface area contributed by atoms with Gasteiger partial charge in [0.05, 0.1) is 16.8 Å². The normalized spacial score (nSPS) is 10.7. The summed E-state index contributed by atoms with van der Waals surface area (Å²) in [6.07, 6.45) is 0. The fourth-order valence-electron chi connectivity index (χ4n) is 2.45. The highest BCUT2D eigenvalue weighted by atomic mass is 16.5. The highest BCUT2D eigenvalue weighted by Gasteiger charge is 2.16. The number of anilines is 1. The molecule has 0 aliphatic carbocycles. The standard InChI is InChI=1S/C18H17N3O4/c1-10-4-5-15-13(6-10)14(7-11(2)19-15)18(23)24-9-16(22)20-17-8-12(3)21-25-17/h4-8H,9H2,1-3H3,(H,20,22). The van der Waals surface area contributed by atoms with Crippen LogP contribution in [0.15, 0.2) is 34.9 Å². The van der Waals surface area contributed by atoms with E-state index in [4.69, 9.17) is 9.26 Å². The lowest BCUT2D eigenvalue weighted by atomic mass is 10.1. The molecular formula is C18H17N3O4. The van der Waals surface area contributed by atoms with E-state index in [-0.39, 0.29) is 5.88 Å². The Kier molecular flexibility index (Phi) is 4.47. The molecule has 25 heavy (non-hydrogen) atoms. The van der Waals surface area contributed by atoms with Crippen LogP contribution >= 0.6 is 0 Å². The number of rotatable bonds is 4. The average molecular weight is 339 g/mol. The van der Waals surface area contributed by atoms with Crippen LogP contribution in [0.5, 0.6) is 0 Å². The first-order valence-electron chi connectivity index (χ1n) is 7.70. The molecule has 0 aliphatic rings. The van der Waals surface area contributed by atoms with Gasteiger partial charge in [-0.15, -0.1) is 0 Å². The first kappa shape index (κ1) is 16.6. The molecule has 0 fully saturated rings. The van der Waals surface area contributed by atoms with Gasteiger partial charge in [-0.3, -0.25) is 15.1 Å². The smallest absolute Gasteiger partial charge is 0.339 e. The summed E-state index contributed by atoms with van der Waals surface area (Å²) < 4.78 is 10.0. The predicted octanol–water partition coefficient (Wildman–Crippen LogP) is 2.94. The SMILES string of the molecule is Cc1ccc2nc(C)cc(C(=O)OCC(=O)Nc3cc(C)no3)c2c1. The topological polar surface area (TPSA) is 94.3 Å². The number of amides is 1. The molecule has 0 radical (unpaired) electrons. The molecule has 3 aromatic rings. The van der Waals surface area contributed by atoms with Crippen LogP contribution in [-0.2, 0) is 9.53 Å². The van der Waals surface area contributed by atoms with E-state index in [0.717, 1.165) is 5.56 Å². The van der Waals surface area contributed by atoms with Crippen LogP contribution in [0, 0.1) is 20.8 Å². The summed E-state index contributed by atoms with van der Waals surface area (Å²) in [6, 6.07) is 8.88. The Bertz CT molecular complexity index is 962. The van der Waals surface area contributed by atoms with E-state index in [1.165, 1.54) is 0 Å². The molecule has 0 saturated carbocycles. The summed E-state index contributed by atoms with van der Waals surface area (Å²) in [7, 11) is 0. The van der Waals surface area contributed by atoms with Crippen LogP contribution in [0.2, 0.25) is 0 Å². The number of nitrogens with zero attached hydrogens (tertiary/aromatic N) is 2. The number of aryl methyl sites for hydroxylation is 3. The number of ether oxygens (including phenoxy) is 1. The molecule has 0 atom stereocenters. The number of fused-ring (bicyclic) bond motifs is 1. The molecule has 0 unspecified atom stereocenters. The zero-order chi connectivity index (χ0) is 18.0. The fourth-order valence-corrected chi connectivity index (χ4v) is 2.45. The first-order valence-corrected chi connectivity index (χ1v) is 7.70. The van der Waals surface area contributed by atoms with Gasteiger partial charge in [-0.2, -0.15) is 0 Å². The third-order valence-electron chi connectivity index (χ3n) is 3.54. The molecule has 128 valence electrons. The number of pyridine rings is 1. The molecule has 7 nitrogen and oxygen atoms in total. The van der Waals surface area contributed by atoms with Crippen molar-refractivity contribution in [1.82, 2.24) is 10.1 Å². The Morgan fingerprint density at radius 2 is 1.92 bits per heavy atom. The monoisotopic (exact) mass is 339 g/mol. The second-order valence-corrected chi connectivity index (χ2v) is 5.79. The van der Waals surface area contributed by atoms with E-state index in [2.05, 4.69) is 15.5 Å². The third kappa shape index (κ3) is 3.82. The van der Waals surface area contributed by atoms with E-state index in [1.807, 2.05) is 25.1 Å². The quantitative estimate of drug-likeness (QED) is 0.734. The van der Waals surface area contributed by atoms with Crippen LogP contribution in [0.25, 0.3) is 10.9 Å². The maximum absolute atomic E-state index is 12.4. The van der Waals surface area contributed by atoms with Crippen LogP contribution in [-0.4, -0.2) is 28.6 Å². The molecule has 7 heteroatoms. The van der Waals surface area contributed by atoms with Crippen molar-refractivity contribution in [3.63, 3.8) is 0 Å². The number of aromatic nitrogens is 2. The van der Waals surface area contributed by atoms with E-state index < -0.39 is 18.5 Å². The lowest BCUT2D eigenvalue weighted by Gasteiger charge is -2.09. The fraction of sp³-hybridized carbons (Fsp3) is 0.222. The van der Waals surface area contributed by atoms with Crippen molar-refractivity contribution < 1.29 is 18.8 Å². The number of carbonyl (C=O) groups is 2. The van der Waals surface area contributed by atoms with Crippen molar-refractivity contribution in [3.8, 4) is 0 Å². The summed E-state index contributed by atoms with van der Waals surface area (Å²) in [5.41, 5.74) is 3.44. The van der Waals surface area contributed by atoms with Gasteiger partial charge >= 0.3 is 5.97 Å². The molecule has 1 N–H and O–H groups in total. The van der Waals surface area contributed by atoms with E-state index in [9.17, 15) is 9.59 Å². The lowest BCUT2D eigenvalue weighted by molar-refractivity contribution is -0.119. The van der Waals surface area contributed by atoms with Gasteiger partial charge in [0.15, 0.2) is 6.61 Å². The number of carbonyl (C=O) groups excluding carboxylic acids is 2. The van der Waals surface area contributed by atoms with Gasteiger partial charge in [-0.25, -0.2) is 4.79 Å². The summed E-state index contributed by atoms with van der Waals surface area (Å²) in [5.74, 6) is -0.875. The molecule has 0 spiro atoms. The van der Waals surface area contributed by atoms with Crippen LogP contribution in [0.4, 0.5) is 5.88 Å². The summed E-state index contributed by atoms with van der Waals surface area (Å²) in [6.45, 7) is 5.04. The van der Waals surface area contributed by atoms with Crippen LogP contribution in [0.1, 0.15) is 27.3 Å². The highest BCUT2D eigenvalue weighted by Crippen LogP contribution is 2.21. The molecule has 0 aliphatic heterocycles.